The van der Waals surface area contributed by atoms with Crippen LogP contribution in [-0.4, -0.2) is 26.7 Å². The van der Waals surface area contributed by atoms with Crippen molar-refractivity contribution in [2.24, 2.45) is 17.3 Å². The summed E-state index contributed by atoms with van der Waals surface area (Å²) in [7, 11) is 1.74. The molecule has 4 aromatic carbocycles. The van der Waals surface area contributed by atoms with Crippen molar-refractivity contribution in [3.8, 4) is 23.0 Å². The molecular weight excluding hydrogens is 592 g/mol. The molecule has 0 aliphatic heterocycles. The van der Waals surface area contributed by atoms with Crippen LogP contribution in [0.3, 0.4) is 0 Å². The topological polar surface area (TPSA) is 69.9 Å². The molecule has 0 amide bonds. The summed E-state index contributed by atoms with van der Waals surface area (Å²) in [6.07, 6.45) is 8.77. The normalized spacial score (nSPS) is 22.2. The lowest BCUT2D eigenvalue weighted by atomic mass is 9.53. The Bertz CT molecular complexity index is 1610. The van der Waals surface area contributed by atoms with E-state index in [2.05, 4.69) is 75.4 Å². The van der Waals surface area contributed by atoms with Crippen molar-refractivity contribution < 1.29 is 20.1 Å². The first kappa shape index (κ1) is 30.2. The van der Waals surface area contributed by atoms with Gasteiger partial charge in [-0.25, -0.2) is 0 Å². The fourth-order valence-corrected chi connectivity index (χ4v) is 9.55. The average molecular weight is 650 g/mol. The van der Waals surface area contributed by atoms with Gasteiger partial charge in [-0.15, -0.1) is 0 Å². The van der Waals surface area contributed by atoms with Crippen molar-refractivity contribution in [1.29, 1.82) is 4.29 Å². The Hall–Kier alpha value is -3.92. The average Bonchev–Trinajstić information content (AvgIpc) is 3.14. The number of aryl methyl sites for hydroxylation is 4. The van der Waals surface area contributed by atoms with E-state index in [0.29, 0.717) is 29.1 Å². The molecular formula is C44H54O4. The van der Waals surface area contributed by atoms with Crippen molar-refractivity contribution in [1.82, 2.24) is 0 Å². The third-order valence-electron chi connectivity index (χ3n) is 12.9. The molecule has 0 unspecified atom stereocenters. The smallest absolute Gasteiger partial charge is 0.293 e. The zero-order valence-electron chi connectivity index (χ0n) is 32.9. The molecule has 0 atom stereocenters. The molecule has 2 saturated carbocycles. The Balaban J connectivity index is 1.27. The van der Waals surface area contributed by atoms with E-state index in [9.17, 15) is 0 Å². The van der Waals surface area contributed by atoms with Gasteiger partial charge in [-0.05, 0) is 165 Å². The van der Waals surface area contributed by atoms with Crippen LogP contribution in [0, 0.1) is 44.9 Å². The Kier molecular flexibility index (Phi) is 8.07. The van der Waals surface area contributed by atoms with Gasteiger partial charge in [0.05, 0.1) is 7.11 Å². The molecule has 0 spiro atoms. The number of ether oxygens (including phenoxy) is 1. The number of hydrogen-bond acceptors (Lipinski definition) is 4. The maximum absolute atomic E-state index is 7.51. The summed E-state index contributed by atoms with van der Waals surface area (Å²) < 4.78 is 28.2. The third-order valence-corrected chi connectivity index (χ3v) is 12.9. The van der Waals surface area contributed by atoms with E-state index in [4.69, 9.17) is 24.4 Å². The van der Waals surface area contributed by atoms with Gasteiger partial charge in [-0.2, -0.15) is 0 Å². The Morgan fingerprint density at radius 2 is 0.896 bits per heavy atom. The second-order valence-electron chi connectivity index (χ2n) is 15.7. The number of methoxy groups -OCH3 is 1. The van der Waals surface area contributed by atoms with Gasteiger partial charge in [0.1, 0.15) is 23.0 Å². The quantitative estimate of drug-likeness (QED) is 0.160. The first-order chi connectivity index (χ1) is 24.4. The predicted octanol–water partition coefficient (Wildman–Crippen LogP) is 10.7. The minimum absolute atomic E-state index is 0.115. The fraction of sp³-hybridized carbons (Fsp3) is 0.455. The van der Waals surface area contributed by atoms with Crippen LogP contribution < -0.4 is 4.74 Å². The molecule has 48 heavy (non-hydrogen) atoms. The van der Waals surface area contributed by atoms with Crippen molar-refractivity contribution in [2.75, 3.05) is 7.11 Å². The van der Waals surface area contributed by atoms with Crippen molar-refractivity contribution in [2.45, 2.75) is 104 Å². The van der Waals surface area contributed by atoms with Gasteiger partial charge in [0.25, 0.3) is 4.29 Å². The SMILES string of the molecule is [2H]Oc1ccc(C2(c3ccc(O[2H])c(C)c3)CCC(C(C)(C)C3CCC(c4ccc(O[2H])c(C)c4)(c4ccc(OC)c(C)c4)CC3)CC2)cc1C. The molecule has 0 heterocycles. The Labute approximate surface area is 292 Å². The zero-order valence-corrected chi connectivity index (χ0v) is 29.9. The lowest BCUT2D eigenvalue weighted by molar-refractivity contribution is 0.0364. The Morgan fingerprint density at radius 1 is 0.562 bits per heavy atom. The lowest BCUT2D eigenvalue weighted by Crippen LogP contribution is -2.43. The minimum atomic E-state index is -0.163. The van der Waals surface area contributed by atoms with E-state index in [0.717, 1.165) is 79.4 Å². The molecule has 2 aliphatic rings. The standard InChI is InChI=1S/C44H54O4/c1-28-24-34(8-12-38(28)45)43(35-9-13-39(46)29(2)25-35)20-16-32(17-21-43)42(5,6)33-18-22-44(23-19-33,36-10-14-40(47)30(3)26-36)37-11-15-41(48-7)31(4)27-37/h8-15,24-27,32-33,45-47H,16-23H2,1-7H3/i/hD3. The minimum Gasteiger partial charge on any atom is -0.508 e. The number of benzene rings is 4. The van der Waals surface area contributed by atoms with Crippen LogP contribution >= 0.6 is 0 Å². The highest BCUT2D eigenvalue weighted by Crippen LogP contribution is 2.57. The van der Waals surface area contributed by atoms with Gasteiger partial charge in [0, 0.05) is 10.8 Å². The molecule has 2 aliphatic carbocycles. The molecule has 2 fully saturated rings. The molecule has 0 aromatic heterocycles. The summed E-state index contributed by atoms with van der Waals surface area (Å²) in [6, 6.07) is 25.7. The highest BCUT2D eigenvalue weighted by Gasteiger charge is 2.48. The zero-order chi connectivity index (χ0) is 36.6. The van der Waals surface area contributed by atoms with Crippen molar-refractivity contribution in [3.05, 3.63) is 117 Å². The van der Waals surface area contributed by atoms with Crippen LogP contribution in [0.15, 0.2) is 72.8 Å². The summed E-state index contributed by atoms with van der Waals surface area (Å²) in [6.45, 7) is 13.3. The summed E-state index contributed by atoms with van der Waals surface area (Å²) >= 11 is 0. The lowest BCUT2D eigenvalue weighted by Gasteiger charge is -2.52. The highest BCUT2D eigenvalue weighted by atomic mass is 16.5. The first-order valence-electron chi connectivity index (χ1n) is 19.0. The van der Waals surface area contributed by atoms with Crippen LogP contribution in [0.25, 0.3) is 0 Å². The van der Waals surface area contributed by atoms with Crippen LogP contribution in [-0.2, 0) is 10.8 Å². The molecule has 0 radical (unpaired) electrons. The van der Waals surface area contributed by atoms with E-state index < -0.39 is 0 Å². The largest absolute Gasteiger partial charge is 0.508 e. The van der Waals surface area contributed by atoms with E-state index >= 15 is 0 Å². The fourth-order valence-electron chi connectivity index (χ4n) is 9.55. The molecule has 3 N–H and O–H groups in total. The van der Waals surface area contributed by atoms with Crippen molar-refractivity contribution in [3.63, 3.8) is 0 Å². The molecule has 0 bridgehead atoms. The molecule has 4 heteroatoms. The summed E-state index contributed by atoms with van der Waals surface area (Å²) in [4.78, 5) is 0. The number of aromatic hydroxyl groups is 3. The monoisotopic (exact) mass is 649 g/mol. The number of hydrogen-bond donors (Lipinski definition) is 3. The van der Waals surface area contributed by atoms with E-state index in [1.54, 1.807) is 7.11 Å². The predicted molar refractivity (Wildman–Crippen MR) is 196 cm³/mol. The van der Waals surface area contributed by atoms with Gasteiger partial charge in [0.2, 0.25) is 0 Å². The maximum atomic E-state index is 7.51. The van der Waals surface area contributed by atoms with Gasteiger partial charge in [-0.3, -0.25) is 0 Å². The molecule has 254 valence electrons. The third kappa shape index (κ3) is 5.86. The van der Waals surface area contributed by atoms with E-state index in [1.807, 2.05) is 39.0 Å². The second-order valence-corrected chi connectivity index (χ2v) is 15.7. The number of phenolic OH excluding ortho intramolecular Hbond substituents is 3. The van der Waals surface area contributed by atoms with Crippen molar-refractivity contribution >= 4 is 0 Å². The van der Waals surface area contributed by atoms with E-state index in [1.165, 1.54) is 22.3 Å². The number of phenols is 3. The molecule has 4 nitrogen and oxygen atoms in total. The second kappa shape index (κ2) is 12.8. The van der Waals surface area contributed by atoms with Crippen LogP contribution in [0.5, 0.6) is 23.0 Å². The first-order valence-corrected chi connectivity index (χ1v) is 17.8. The van der Waals surface area contributed by atoms with Crippen LogP contribution in [0.4, 0.5) is 0 Å². The van der Waals surface area contributed by atoms with Crippen LogP contribution in [0.1, 0.15) is 110 Å². The highest BCUT2D eigenvalue weighted by molar-refractivity contribution is 5.50. The van der Waals surface area contributed by atoms with Gasteiger partial charge in [0.15, 0.2) is 0 Å². The number of rotatable bonds is 10. The molecule has 6 rings (SSSR count). The Morgan fingerprint density at radius 3 is 1.19 bits per heavy atom. The maximum Gasteiger partial charge on any atom is 0.293 e. The van der Waals surface area contributed by atoms with Gasteiger partial charge < -0.3 is 20.1 Å². The van der Waals surface area contributed by atoms with E-state index in [-0.39, 0.29) is 16.2 Å². The van der Waals surface area contributed by atoms with Gasteiger partial charge >= 0.3 is 0 Å². The summed E-state index contributed by atoms with van der Waals surface area (Å²) in [5.74, 6) is 3.90. The van der Waals surface area contributed by atoms with Gasteiger partial charge in [-0.1, -0.05) is 62.4 Å². The van der Waals surface area contributed by atoms with Crippen LogP contribution in [0.2, 0.25) is 0 Å². The molecule has 4 aromatic rings. The summed E-state index contributed by atoms with van der Waals surface area (Å²) in [5, 5.41) is 14.7. The molecule has 0 saturated heterocycles. The summed E-state index contributed by atoms with van der Waals surface area (Å²) in [5.41, 5.74) is 9.17.